The van der Waals surface area contributed by atoms with Gasteiger partial charge in [-0.25, -0.2) is 4.99 Å². The van der Waals surface area contributed by atoms with Crippen LogP contribution >= 0.6 is 24.2 Å². The fourth-order valence-corrected chi connectivity index (χ4v) is 3.23. The van der Waals surface area contributed by atoms with Crippen molar-refractivity contribution in [3.05, 3.63) is 71.8 Å². The predicted molar refractivity (Wildman–Crippen MR) is 94.5 cm³/mol. The minimum absolute atomic E-state index is 0. The maximum Gasteiger partial charge on any atom is 0.252 e. The smallest absolute Gasteiger partial charge is 0.252 e. The number of nitrogens with two attached hydrogens (primary N) is 1. The Morgan fingerprint density at radius 2 is 1.70 bits per heavy atom. The Hall–Kier alpha value is -2.02. The molecule has 0 fully saturated rings. The molecule has 5 nitrogen and oxygen atoms in total. The number of amidine groups is 1. The molecule has 0 saturated heterocycles. The molecule has 23 heavy (non-hydrogen) atoms. The molecule has 4 N–H and O–H groups in total. The van der Waals surface area contributed by atoms with Gasteiger partial charge in [-0.05, 0) is 12.1 Å². The molecule has 3 rings (SSSR count). The van der Waals surface area contributed by atoms with Gasteiger partial charge in [-0.15, -0.1) is 12.4 Å². The zero-order chi connectivity index (χ0) is 15.6. The van der Waals surface area contributed by atoms with Gasteiger partial charge in [-0.1, -0.05) is 60.3 Å². The van der Waals surface area contributed by atoms with Crippen LogP contribution in [0.4, 0.5) is 0 Å². The second kappa shape index (κ2) is 7.04. The molecule has 1 amide bonds. The number of aliphatic hydroxyl groups is 1. The van der Waals surface area contributed by atoms with Crippen LogP contribution in [0.5, 0.6) is 0 Å². The SMILES string of the molecule is Cl.NC1=NC(O)(c2ccccc2)C(NC(=O)c2ccccc2)S1. The van der Waals surface area contributed by atoms with E-state index < -0.39 is 11.1 Å². The molecule has 1 aliphatic rings. The van der Waals surface area contributed by atoms with Crippen molar-refractivity contribution < 1.29 is 9.90 Å². The van der Waals surface area contributed by atoms with Crippen LogP contribution in [0.15, 0.2) is 65.7 Å². The quantitative estimate of drug-likeness (QED) is 0.791. The van der Waals surface area contributed by atoms with Crippen molar-refractivity contribution in [2.45, 2.75) is 11.1 Å². The molecule has 2 atom stereocenters. The van der Waals surface area contributed by atoms with E-state index in [2.05, 4.69) is 10.3 Å². The summed E-state index contributed by atoms with van der Waals surface area (Å²) in [4.78, 5) is 16.4. The molecule has 0 aliphatic carbocycles. The van der Waals surface area contributed by atoms with Gasteiger partial charge in [0.05, 0.1) is 0 Å². The molecule has 1 heterocycles. The zero-order valence-electron chi connectivity index (χ0n) is 12.0. The first-order chi connectivity index (χ1) is 10.6. The highest BCUT2D eigenvalue weighted by atomic mass is 35.5. The van der Waals surface area contributed by atoms with E-state index in [-0.39, 0.29) is 23.5 Å². The second-order valence-corrected chi connectivity index (χ2v) is 6.00. The van der Waals surface area contributed by atoms with Gasteiger partial charge in [0.2, 0.25) is 5.72 Å². The van der Waals surface area contributed by atoms with E-state index in [1.54, 1.807) is 48.5 Å². The first-order valence-electron chi connectivity index (χ1n) is 6.75. The van der Waals surface area contributed by atoms with Gasteiger partial charge in [0, 0.05) is 11.1 Å². The maximum absolute atomic E-state index is 12.3. The van der Waals surface area contributed by atoms with Crippen LogP contribution in [0.25, 0.3) is 0 Å². The van der Waals surface area contributed by atoms with E-state index in [0.717, 1.165) is 11.8 Å². The molecular formula is C16H16ClN3O2S. The maximum atomic E-state index is 12.3. The largest absolute Gasteiger partial charge is 0.378 e. The Morgan fingerprint density at radius 1 is 1.13 bits per heavy atom. The summed E-state index contributed by atoms with van der Waals surface area (Å²) in [5, 5.41) is 13.2. The van der Waals surface area contributed by atoms with Crippen molar-refractivity contribution in [3.63, 3.8) is 0 Å². The summed E-state index contributed by atoms with van der Waals surface area (Å²) in [7, 11) is 0. The molecule has 2 aromatic carbocycles. The first kappa shape index (κ1) is 17.3. The molecule has 0 saturated carbocycles. The zero-order valence-corrected chi connectivity index (χ0v) is 13.7. The van der Waals surface area contributed by atoms with Crippen LogP contribution in [-0.2, 0) is 5.72 Å². The predicted octanol–water partition coefficient (Wildman–Crippen LogP) is 2.07. The summed E-state index contributed by atoms with van der Waals surface area (Å²) >= 11 is 1.14. The fraction of sp³-hybridized carbons (Fsp3) is 0.125. The van der Waals surface area contributed by atoms with Crippen LogP contribution in [0.2, 0.25) is 0 Å². The van der Waals surface area contributed by atoms with E-state index in [4.69, 9.17) is 5.73 Å². The van der Waals surface area contributed by atoms with Crippen LogP contribution < -0.4 is 11.1 Å². The van der Waals surface area contributed by atoms with Gasteiger partial charge in [-0.2, -0.15) is 0 Å². The summed E-state index contributed by atoms with van der Waals surface area (Å²) in [5.41, 5.74) is 5.29. The van der Waals surface area contributed by atoms with Crippen molar-refractivity contribution in [1.82, 2.24) is 5.32 Å². The fourth-order valence-electron chi connectivity index (χ4n) is 2.28. The normalized spacial score (nSPS) is 22.8. The van der Waals surface area contributed by atoms with Gasteiger partial charge in [0.15, 0.2) is 5.17 Å². The minimum Gasteiger partial charge on any atom is -0.378 e. The van der Waals surface area contributed by atoms with E-state index in [1.807, 2.05) is 12.1 Å². The lowest BCUT2D eigenvalue weighted by atomic mass is 10.0. The van der Waals surface area contributed by atoms with Crippen LogP contribution in [0.1, 0.15) is 15.9 Å². The second-order valence-electron chi connectivity index (χ2n) is 4.88. The highest BCUT2D eigenvalue weighted by molar-refractivity contribution is 8.14. The Morgan fingerprint density at radius 3 is 2.30 bits per heavy atom. The van der Waals surface area contributed by atoms with Gasteiger partial charge in [0.1, 0.15) is 5.37 Å². The van der Waals surface area contributed by atoms with Crippen LogP contribution in [0, 0.1) is 0 Å². The summed E-state index contributed by atoms with van der Waals surface area (Å²) in [6.07, 6.45) is 0. The van der Waals surface area contributed by atoms with E-state index in [1.165, 1.54) is 0 Å². The average Bonchev–Trinajstić information content (AvgIpc) is 2.84. The molecule has 0 aromatic heterocycles. The lowest BCUT2D eigenvalue weighted by Gasteiger charge is -2.27. The highest BCUT2D eigenvalue weighted by Crippen LogP contribution is 2.38. The third-order valence-electron chi connectivity index (χ3n) is 3.38. The Balaban J connectivity index is 0.00000192. The van der Waals surface area contributed by atoms with Gasteiger partial charge in [-0.3, -0.25) is 4.79 Å². The van der Waals surface area contributed by atoms with Crippen LogP contribution in [0.3, 0.4) is 0 Å². The number of carbonyl (C=O) groups excluding carboxylic acids is 1. The summed E-state index contributed by atoms with van der Waals surface area (Å²) in [6.45, 7) is 0. The number of benzene rings is 2. The van der Waals surface area contributed by atoms with Gasteiger partial charge >= 0.3 is 0 Å². The number of thioether (sulfide) groups is 1. The van der Waals surface area contributed by atoms with Crippen molar-refractivity contribution in [2.75, 3.05) is 0 Å². The molecule has 2 unspecified atom stereocenters. The summed E-state index contributed by atoms with van der Waals surface area (Å²) in [6, 6.07) is 17.8. The number of nitrogens with zero attached hydrogens (tertiary/aromatic N) is 1. The Kier molecular flexibility index (Phi) is 5.30. The third kappa shape index (κ3) is 3.50. The van der Waals surface area contributed by atoms with E-state index in [9.17, 15) is 9.90 Å². The monoisotopic (exact) mass is 349 g/mol. The van der Waals surface area contributed by atoms with E-state index in [0.29, 0.717) is 11.1 Å². The van der Waals surface area contributed by atoms with E-state index >= 15 is 0 Å². The van der Waals surface area contributed by atoms with Crippen LogP contribution in [-0.4, -0.2) is 21.6 Å². The van der Waals surface area contributed by atoms with Crippen molar-refractivity contribution in [2.24, 2.45) is 10.7 Å². The molecule has 0 radical (unpaired) electrons. The minimum atomic E-state index is -1.57. The number of carbonyl (C=O) groups is 1. The number of rotatable bonds is 3. The molecule has 1 aliphatic heterocycles. The van der Waals surface area contributed by atoms with Gasteiger partial charge < -0.3 is 16.2 Å². The van der Waals surface area contributed by atoms with Crippen molar-refractivity contribution in [3.8, 4) is 0 Å². The summed E-state index contributed by atoms with van der Waals surface area (Å²) in [5.74, 6) is -0.280. The summed E-state index contributed by atoms with van der Waals surface area (Å²) < 4.78 is 0. The van der Waals surface area contributed by atoms with Crippen molar-refractivity contribution >= 4 is 35.2 Å². The average molecular weight is 350 g/mol. The number of hydrogen-bond donors (Lipinski definition) is 3. The van der Waals surface area contributed by atoms with Gasteiger partial charge in [0.25, 0.3) is 5.91 Å². The lowest BCUT2D eigenvalue weighted by molar-refractivity contribution is 0.0360. The molecule has 0 spiro atoms. The standard InChI is InChI=1S/C16H15N3O2S.ClH/c17-15-19-16(21,12-9-5-2-6-10-12)14(22-15)18-13(20)11-7-3-1-4-8-11;/h1-10,14,21H,(H2,17,19)(H,18,20);1H. The molecule has 2 aromatic rings. The Labute approximate surface area is 144 Å². The number of nitrogens with one attached hydrogen (secondary N) is 1. The molecule has 7 heteroatoms. The highest BCUT2D eigenvalue weighted by Gasteiger charge is 2.45. The lowest BCUT2D eigenvalue weighted by Crippen LogP contribution is -2.45. The topological polar surface area (TPSA) is 87.7 Å². The third-order valence-corrected chi connectivity index (χ3v) is 4.40. The first-order valence-corrected chi connectivity index (χ1v) is 7.63. The molecular weight excluding hydrogens is 334 g/mol. The number of aliphatic imine (C=N–C) groups is 1. The number of amides is 1. The molecule has 120 valence electrons. The Bertz CT molecular complexity index is 712. The molecule has 0 bridgehead atoms. The number of hydrogen-bond acceptors (Lipinski definition) is 5. The number of halogens is 1. The van der Waals surface area contributed by atoms with Crippen molar-refractivity contribution in [1.29, 1.82) is 0 Å².